The van der Waals surface area contributed by atoms with Crippen molar-refractivity contribution >= 4 is 6.03 Å². The van der Waals surface area contributed by atoms with Crippen LogP contribution in [0.4, 0.5) is 4.79 Å². The van der Waals surface area contributed by atoms with Crippen molar-refractivity contribution in [2.75, 3.05) is 19.7 Å². The first-order chi connectivity index (χ1) is 8.29. The Balaban J connectivity index is 1.72. The van der Waals surface area contributed by atoms with Crippen LogP contribution < -0.4 is 11.2 Å². The lowest BCUT2D eigenvalue weighted by Gasteiger charge is -2.26. The summed E-state index contributed by atoms with van der Waals surface area (Å²) in [5.74, 6) is 5.46. The van der Waals surface area contributed by atoms with Gasteiger partial charge in [0.25, 0.3) is 0 Å². The monoisotopic (exact) mass is 241 g/mol. The van der Waals surface area contributed by atoms with Gasteiger partial charge in [-0.2, -0.15) is 0 Å². The number of hydrogen-bond acceptors (Lipinski definition) is 3. The van der Waals surface area contributed by atoms with Crippen molar-refractivity contribution in [2.24, 2.45) is 11.8 Å². The summed E-state index contributed by atoms with van der Waals surface area (Å²) in [6.07, 6.45) is 7.06. The highest BCUT2D eigenvalue weighted by molar-refractivity contribution is 5.74. The van der Waals surface area contributed by atoms with Crippen molar-refractivity contribution in [1.29, 1.82) is 0 Å². The van der Waals surface area contributed by atoms with Gasteiger partial charge in [0.2, 0.25) is 0 Å². The van der Waals surface area contributed by atoms with Crippen LogP contribution in [0.15, 0.2) is 0 Å². The molecule has 5 heteroatoms. The molecule has 0 spiro atoms. The van der Waals surface area contributed by atoms with E-state index in [2.05, 4.69) is 10.2 Å². The highest BCUT2D eigenvalue weighted by Crippen LogP contribution is 2.19. The Bertz CT molecular complexity index is 254. The molecule has 1 heterocycles. The Morgan fingerprint density at radius 2 is 2.06 bits per heavy atom. The minimum atomic E-state index is 0.0939. The summed E-state index contributed by atoms with van der Waals surface area (Å²) in [7, 11) is 0. The molecule has 17 heavy (non-hydrogen) atoms. The Morgan fingerprint density at radius 3 is 2.76 bits per heavy atom. The van der Waals surface area contributed by atoms with Crippen molar-refractivity contribution in [2.45, 2.75) is 44.6 Å². The normalized spacial score (nSPS) is 26.2. The number of nitrogens with zero attached hydrogens (tertiary/aromatic N) is 1. The first kappa shape index (κ1) is 12.6. The highest BCUT2D eigenvalue weighted by Gasteiger charge is 2.27. The van der Waals surface area contributed by atoms with Crippen molar-refractivity contribution in [3.8, 4) is 0 Å². The first-order valence-corrected chi connectivity index (χ1v) is 6.66. The standard InChI is InChI=1S/C12H23N3O2/c13-17-9-10-6-7-15(8-10)12(16)14-11-4-2-1-3-5-11/h10-11H,1-9,13H2,(H,14,16). The summed E-state index contributed by atoms with van der Waals surface area (Å²) >= 11 is 0. The SMILES string of the molecule is NOCC1CCN(C(=O)NC2CCCCC2)C1. The number of carbonyl (C=O) groups excluding carboxylic acids is 1. The van der Waals surface area contributed by atoms with Gasteiger partial charge in [0, 0.05) is 25.0 Å². The summed E-state index contributed by atoms with van der Waals surface area (Å²) in [4.78, 5) is 18.5. The predicted molar refractivity (Wildman–Crippen MR) is 65.2 cm³/mol. The average molecular weight is 241 g/mol. The van der Waals surface area contributed by atoms with Gasteiger partial charge in [-0.1, -0.05) is 19.3 Å². The van der Waals surface area contributed by atoms with Gasteiger partial charge in [0.05, 0.1) is 6.61 Å². The molecule has 0 aromatic rings. The van der Waals surface area contributed by atoms with Gasteiger partial charge >= 0.3 is 6.03 Å². The third kappa shape index (κ3) is 3.57. The number of urea groups is 1. The molecule has 2 aliphatic rings. The number of nitrogens with one attached hydrogen (secondary N) is 1. The summed E-state index contributed by atoms with van der Waals surface area (Å²) in [6, 6.07) is 0.484. The molecular weight excluding hydrogens is 218 g/mol. The second kappa shape index (κ2) is 6.21. The van der Waals surface area contributed by atoms with Gasteiger partial charge < -0.3 is 15.1 Å². The Hall–Kier alpha value is -0.810. The van der Waals surface area contributed by atoms with Crippen LogP contribution >= 0.6 is 0 Å². The fraction of sp³-hybridized carbons (Fsp3) is 0.917. The molecule has 2 rings (SSSR count). The molecule has 1 aliphatic heterocycles. The van der Waals surface area contributed by atoms with Crippen LogP contribution in [0, 0.1) is 5.92 Å². The third-order valence-electron chi connectivity index (χ3n) is 3.84. The van der Waals surface area contributed by atoms with Gasteiger partial charge in [0.15, 0.2) is 0 Å². The Kier molecular flexibility index (Phi) is 4.62. The topological polar surface area (TPSA) is 67.6 Å². The molecule has 1 unspecified atom stereocenters. The molecule has 0 aromatic heterocycles. The van der Waals surface area contributed by atoms with Crippen LogP contribution in [-0.2, 0) is 4.84 Å². The van der Waals surface area contributed by atoms with Crippen LogP contribution in [0.2, 0.25) is 0 Å². The van der Waals surface area contributed by atoms with Crippen LogP contribution in [0.3, 0.4) is 0 Å². The number of nitrogens with two attached hydrogens (primary N) is 1. The maximum Gasteiger partial charge on any atom is 0.317 e. The van der Waals surface area contributed by atoms with Crippen molar-refractivity contribution in [1.82, 2.24) is 10.2 Å². The summed E-state index contributed by atoms with van der Waals surface area (Å²) in [6.45, 7) is 2.15. The Labute approximate surface area is 103 Å². The lowest BCUT2D eigenvalue weighted by molar-refractivity contribution is 0.104. The third-order valence-corrected chi connectivity index (χ3v) is 3.84. The molecule has 1 saturated carbocycles. The maximum atomic E-state index is 12.0. The zero-order valence-electron chi connectivity index (χ0n) is 10.4. The number of carbonyl (C=O) groups is 1. The van der Waals surface area contributed by atoms with Crippen LogP contribution in [0.1, 0.15) is 38.5 Å². The second-order valence-corrected chi connectivity index (χ2v) is 5.22. The van der Waals surface area contributed by atoms with Crippen molar-refractivity contribution in [3.63, 3.8) is 0 Å². The van der Waals surface area contributed by atoms with E-state index in [9.17, 15) is 4.79 Å². The van der Waals surface area contributed by atoms with Gasteiger partial charge in [-0.3, -0.25) is 0 Å². The minimum Gasteiger partial charge on any atom is -0.335 e. The lowest BCUT2D eigenvalue weighted by Crippen LogP contribution is -2.44. The second-order valence-electron chi connectivity index (χ2n) is 5.22. The van der Waals surface area contributed by atoms with E-state index >= 15 is 0 Å². The number of amides is 2. The molecule has 2 fully saturated rings. The lowest BCUT2D eigenvalue weighted by atomic mass is 9.96. The highest BCUT2D eigenvalue weighted by atomic mass is 16.6. The van der Waals surface area contributed by atoms with E-state index < -0.39 is 0 Å². The van der Waals surface area contributed by atoms with E-state index in [1.165, 1.54) is 19.3 Å². The average Bonchev–Trinajstić information content (AvgIpc) is 2.79. The largest absolute Gasteiger partial charge is 0.335 e. The molecule has 2 amide bonds. The maximum absolute atomic E-state index is 12.0. The quantitative estimate of drug-likeness (QED) is 0.730. The van der Waals surface area contributed by atoms with Crippen molar-refractivity contribution in [3.05, 3.63) is 0 Å². The number of likely N-dealkylation sites (tertiary alicyclic amines) is 1. The van der Waals surface area contributed by atoms with E-state index in [1.807, 2.05) is 4.90 Å². The minimum absolute atomic E-state index is 0.0939. The van der Waals surface area contributed by atoms with Gasteiger partial charge in [0.1, 0.15) is 0 Å². The van der Waals surface area contributed by atoms with E-state index in [1.54, 1.807) is 0 Å². The van der Waals surface area contributed by atoms with Gasteiger partial charge in [-0.05, 0) is 19.3 Å². The zero-order valence-corrected chi connectivity index (χ0v) is 10.4. The first-order valence-electron chi connectivity index (χ1n) is 6.66. The molecule has 3 N–H and O–H groups in total. The van der Waals surface area contributed by atoms with Crippen LogP contribution in [-0.4, -0.2) is 36.7 Å². The fourth-order valence-electron chi connectivity index (χ4n) is 2.80. The van der Waals surface area contributed by atoms with Crippen molar-refractivity contribution < 1.29 is 9.63 Å². The van der Waals surface area contributed by atoms with Crippen LogP contribution in [0.5, 0.6) is 0 Å². The summed E-state index contributed by atoms with van der Waals surface area (Å²) in [5.41, 5.74) is 0. The molecule has 98 valence electrons. The Morgan fingerprint density at radius 1 is 1.29 bits per heavy atom. The summed E-state index contributed by atoms with van der Waals surface area (Å²) in [5, 5.41) is 3.14. The van der Waals surface area contributed by atoms with Crippen LogP contribution in [0.25, 0.3) is 0 Å². The smallest absolute Gasteiger partial charge is 0.317 e. The molecule has 0 radical (unpaired) electrons. The number of hydrogen-bond donors (Lipinski definition) is 2. The molecular formula is C12H23N3O2. The van der Waals surface area contributed by atoms with E-state index in [0.29, 0.717) is 18.6 Å². The molecule has 0 bridgehead atoms. The molecule has 1 aliphatic carbocycles. The van der Waals surface area contributed by atoms with Gasteiger partial charge in [-0.25, -0.2) is 10.7 Å². The fourth-order valence-corrected chi connectivity index (χ4v) is 2.80. The van der Waals surface area contributed by atoms with E-state index in [0.717, 1.165) is 32.4 Å². The predicted octanol–water partition coefficient (Wildman–Crippen LogP) is 1.24. The molecule has 0 aromatic carbocycles. The molecule has 1 atom stereocenters. The van der Waals surface area contributed by atoms with Gasteiger partial charge in [-0.15, -0.1) is 0 Å². The van der Waals surface area contributed by atoms with E-state index in [-0.39, 0.29) is 6.03 Å². The van der Waals surface area contributed by atoms with E-state index in [4.69, 9.17) is 5.90 Å². The zero-order chi connectivity index (χ0) is 12.1. The summed E-state index contributed by atoms with van der Waals surface area (Å²) < 4.78 is 0. The number of rotatable bonds is 3. The molecule has 1 saturated heterocycles. The molecule has 5 nitrogen and oxygen atoms in total.